The second kappa shape index (κ2) is 11.9. The molecule has 0 bridgehead atoms. The Morgan fingerprint density at radius 3 is 1.62 bits per heavy atom. The molecule has 0 saturated heterocycles. The molecule has 32 heavy (non-hydrogen) atoms. The Bertz CT molecular complexity index is 666. The molecule has 4 rings (SSSR count). The molecule has 0 heterocycles. The number of carbonyl (C=O) groups excluding carboxylic acids is 1. The van der Waals surface area contributed by atoms with Crippen LogP contribution in [0, 0.1) is 0 Å². The molecule has 3 fully saturated rings. The third-order valence-corrected chi connectivity index (χ3v) is 19.0. The zero-order valence-corrected chi connectivity index (χ0v) is 22.6. The minimum Gasteiger partial charge on any atom is -0.487 e. The molecule has 3 aliphatic rings. The van der Waals surface area contributed by atoms with Crippen LogP contribution in [0.25, 0.3) is 0 Å². The van der Waals surface area contributed by atoms with Crippen LogP contribution >= 0.6 is 22.9 Å². The molecule has 1 aromatic rings. The SMILES string of the molecule is C[C@H](OC(=O)[B@H-](Br)[P+](C1CCCCC1)(C1CCCCC1)C1CCCCC1)c1ccccc1. The quantitative estimate of drug-likeness (QED) is 0.264. The maximum Gasteiger partial charge on any atom is 0.323 e. The van der Waals surface area contributed by atoms with E-state index in [1.165, 1.54) is 96.3 Å². The molecule has 5 heteroatoms. The van der Waals surface area contributed by atoms with Crippen LogP contribution in [0.3, 0.4) is 0 Å². The van der Waals surface area contributed by atoms with E-state index in [2.05, 4.69) is 27.9 Å². The fraction of sp³-hybridized carbons (Fsp3) is 0.741. The van der Waals surface area contributed by atoms with E-state index < -0.39 is 12.4 Å². The molecule has 0 aliphatic heterocycles. The van der Waals surface area contributed by atoms with Crippen LogP contribution in [0.1, 0.15) is 115 Å². The number of hydrogen-bond donors (Lipinski definition) is 0. The standard InChI is InChI=1S/C27H43BBrO2P/c1-22(23-14-6-2-7-15-23)31-27(30)28(29)32(24-16-8-3-9-17-24,25-18-10-4-11-19-25)26-20-12-5-13-21-26/h2,6-7,14-15,22,24-26,28H,3-5,8-13,16-21H2,1H3/t22-,28+/m0/s1. The van der Waals surface area contributed by atoms with Crippen molar-refractivity contribution in [2.45, 2.75) is 126 Å². The van der Waals surface area contributed by atoms with Crippen molar-refractivity contribution in [1.29, 1.82) is 0 Å². The third kappa shape index (κ3) is 5.32. The average Bonchev–Trinajstić information content (AvgIpc) is 2.87. The van der Waals surface area contributed by atoms with Crippen LogP contribution in [0.5, 0.6) is 0 Å². The van der Waals surface area contributed by atoms with Crippen LogP contribution in [-0.4, -0.2) is 28.1 Å². The highest BCUT2D eigenvalue weighted by atomic mass is 79.9. The van der Waals surface area contributed by atoms with Gasteiger partial charge >= 0.3 is 5.26 Å². The summed E-state index contributed by atoms with van der Waals surface area (Å²) in [4.78, 5) is 13.9. The molecule has 178 valence electrons. The highest BCUT2D eigenvalue weighted by Crippen LogP contribution is 2.79. The Morgan fingerprint density at radius 1 is 0.812 bits per heavy atom. The van der Waals surface area contributed by atoms with E-state index in [9.17, 15) is 4.79 Å². The van der Waals surface area contributed by atoms with Crippen molar-refractivity contribution in [1.82, 2.24) is 0 Å². The number of rotatable bonds is 7. The van der Waals surface area contributed by atoms with Crippen LogP contribution in [0.2, 0.25) is 0 Å². The first-order valence-corrected chi connectivity index (χ1v) is 16.9. The predicted octanol–water partition coefficient (Wildman–Crippen LogP) is 9.10. The van der Waals surface area contributed by atoms with Crippen molar-refractivity contribution >= 4 is 34.0 Å². The fourth-order valence-electron chi connectivity index (χ4n) is 7.54. The molecule has 0 amide bonds. The Labute approximate surface area is 205 Å². The molecule has 0 radical (unpaired) electrons. The smallest absolute Gasteiger partial charge is 0.323 e. The van der Waals surface area contributed by atoms with Crippen molar-refractivity contribution in [2.24, 2.45) is 0 Å². The Hall–Kier alpha value is -0.335. The Balaban J connectivity index is 1.66. The molecule has 2 atom stereocenters. The monoisotopic (exact) mass is 520 g/mol. The molecule has 0 N–H and O–H groups in total. The van der Waals surface area contributed by atoms with Crippen LogP contribution in [0.15, 0.2) is 30.3 Å². The highest BCUT2D eigenvalue weighted by molar-refractivity contribution is 9.29. The average molecular weight is 521 g/mol. The lowest BCUT2D eigenvalue weighted by atomic mass is 9.98. The van der Waals surface area contributed by atoms with Crippen LogP contribution in [0.4, 0.5) is 4.79 Å². The van der Waals surface area contributed by atoms with Crippen LogP contribution < -0.4 is 0 Å². The Morgan fingerprint density at radius 2 is 1.22 bits per heavy atom. The van der Waals surface area contributed by atoms with Crippen molar-refractivity contribution in [3.8, 4) is 0 Å². The second-order valence-electron chi connectivity index (χ2n) is 10.8. The summed E-state index contributed by atoms with van der Waals surface area (Å²) in [6, 6.07) is 10.3. The summed E-state index contributed by atoms with van der Waals surface area (Å²) in [5, 5.41) is -1.16. The van der Waals surface area contributed by atoms with Crippen molar-refractivity contribution in [3.63, 3.8) is 0 Å². The summed E-state index contributed by atoms with van der Waals surface area (Å²) in [6.07, 6.45) is 20.5. The number of carbonyl (C=O) groups is 1. The second-order valence-corrected chi connectivity index (χ2v) is 17.6. The summed E-state index contributed by atoms with van der Waals surface area (Å²) < 4.78 is 6.26. The van der Waals surface area contributed by atoms with Gasteiger partial charge in [0.2, 0.25) is 0 Å². The minimum absolute atomic E-state index is 0.122. The third-order valence-electron chi connectivity index (χ3n) is 9.06. The van der Waals surface area contributed by atoms with Gasteiger partial charge in [0.25, 0.3) is 0 Å². The van der Waals surface area contributed by atoms with E-state index in [0.29, 0.717) is 0 Å². The minimum atomic E-state index is -1.49. The number of benzene rings is 1. The molecule has 3 saturated carbocycles. The van der Waals surface area contributed by atoms with E-state index in [1.807, 2.05) is 25.1 Å². The van der Waals surface area contributed by atoms with Gasteiger partial charge in [0.1, 0.15) is 6.10 Å². The maximum absolute atomic E-state index is 13.9. The molecule has 0 spiro atoms. The van der Waals surface area contributed by atoms with Gasteiger partial charge in [0.15, 0.2) is 5.87 Å². The number of hydrogen-bond acceptors (Lipinski definition) is 2. The lowest BCUT2D eigenvalue weighted by Gasteiger charge is -2.56. The normalized spacial score (nSPS) is 24.1. The summed E-state index contributed by atoms with van der Waals surface area (Å²) >= 11 is 4.23. The first-order chi connectivity index (χ1) is 15.6. The summed E-state index contributed by atoms with van der Waals surface area (Å²) in [7, 11) is -1.49. The van der Waals surface area contributed by atoms with Crippen molar-refractivity contribution in [2.75, 3.05) is 0 Å². The van der Waals surface area contributed by atoms with Crippen molar-refractivity contribution < 1.29 is 9.53 Å². The lowest BCUT2D eigenvalue weighted by molar-refractivity contribution is 0.131. The molecule has 3 aliphatic carbocycles. The first-order valence-electron chi connectivity index (χ1n) is 13.6. The zero-order valence-electron chi connectivity index (χ0n) is 20.2. The Kier molecular flexibility index (Phi) is 9.20. The first kappa shape index (κ1) is 24.8. The lowest BCUT2D eigenvalue weighted by Crippen LogP contribution is -2.45. The van der Waals surface area contributed by atoms with Gasteiger partial charge < -0.3 is 4.74 Å². The molecule has 1 aromatic carbocycles. The molecule has 2 nitrogen and oxygen atoms in total. The number of halogens is 1. The van der Waals surface area contributed by atoms with E-state index in [4.69, 9.17) is 4.74 Å². The summed E-state index contributed by atoms with van der Waals surface area (Å²) in [5.41, 5.74) is 3.53. The van der Waals surface area contributed by atoms with E-state index in [-0.39, 0.29) is 12.0 Å². The van der Waals surface area contributed by atoms with Gasteiger partial charge in [0.05, 0.1) is 0 Å². The van der Waals surface area contributed by atoms with E-state index >= 15 is 0 Å². The molecule has 0 unspecified atom stereocenters. The van der Waals surface area contributed by atoms with Gasteiger partial charge in [-0.15, -0.1) is 7.14 Å². The van der Waals surface area contributed by atoms with Gasteiger partial charge in [-0.3, -0.25) is 20.6 Å². The van der Waals surface area contributed by atoms with Gasteiger partial charge in [-0.25, -0.2) is 0 Å². The highest BCUT2D eigenvalue weighted by Gasteiger charge is 2.58. The number of ether oxygens (including phenoxy) is 1. The largest absolute Gasteiger partial charge is 0.487 e. The van der Waals surface area contributed by atoms with Gasteiger partial charge in [-0.1, -0.05) is 49.6 Å². The van der Waals surface area contributed by atoms with Gasteiger partial charge in [0, 0.05) is 17.0 Å². The summed E-state index contributed by atoms with van der Waals surface area (Å²) in [6.45, 7) is 2.05. The zero-order chi connectivity index (χ0) is 22.4. The molecule has 0 aromatic heterocycles. The van der Waals surface area contributed by atoms with Gasteiger partial charge in [-0.2, -0.15) is 0 Å². The van der Waals surface area contributed by atoms with Crippen molar-refractivity contribution in [3.05, 3.63) is 35.9 Å². The maximum atomic E-state index is 13.9. The molecular weight excluding hydrogens is 478 g/mol. The summed E-state index contributed by atoms with van der Waals surface area (Å²) in [5.74, 6) is 0.122. The van der Waals surface area contributed by atoms with Crippen LogP contribution in [-0.2, 0) is 4.74 Å². The predicted molar refractivity (Wildman–Crippen MR) is 145 cm³/mol. The topological polar surface area (TPSA) is 26.3 Å². The fourth-order valence-corrected chi connectivity index (χ4v) is 19.0. The van der Waals surface area contributed by atoms with Gasteiger partial charge in [-0.05, 0) is 89.5 Å². The van der Waals surface area contributed by atoms with E-state index in [1.54, 1.807) is 0 Å². The molecular formula is C27H43BBrO2P. The van der Waals surface area contributed by atoms with E-state index in [0.717, 1.165) is 22.5 Å².